The molecule has 9 heteroatoms. The summed E-state index contributed by atoms with van der Waals surface area (Å²) < 4.78 is 5.14. The summed E-state index contributed by atoms with van der Waals surface area (Å²) in [5.74, 6) is 2.91. The molecule has 160 valence electrons. The van der Waals surface area contributed by atoms with Gasteiger partial charge >= 0.3 is 6.03 Å². The van der Waals surface area contributed by atoms with Crippen molar-refractivity contribution in [2.75, 3.05) is 48.8 Å². The van der Waals surface area contributed by atoms with E-state index in [0.717, 1.165) is 28.6 Å². The summed E-state index contributed by atoms with van der Waals surface area (Å²) in [4.78, 5) is 20.8. The summed E-state index contributed by atoms with van der Waals surface area (Å²) in [7, 11) is 1.61. The Hall–Kier alpha value is -3.88. The highest BCUT2D eigenvalue weighted by molar-refractivity contribution is 5.89. The van der Waals surface area contributed by atoms with Gasteiger partial charge in [-0.1, -0.05) is 6.07 Å². The molecule has 9 nitrogen and oxygen atoms in total. The van der Waals surface area contributed by atoms with Crippen LogP contribution in [0.15, 0.2) is 54.7 Å². The first kappa shape index (κ1) is 20.4. The molecule has 0 spiro atoms. The fourth-order valence-electron chi connectivity index (χ4n) is 3.25. The van der Waals surface area contributed by atoms with Crippen LogP contribution in [0.4, 0.5) is 27.9 Å². The van der Waals surface area contributed by atoms with Gasteiger partial charge in [0.25, 0.3) is 0 Å². The van der Waals surface area contributed by atoms with Crippen LogP contribution in [0, 0.1) is 6.92 Å². The predicted molar refractivity (Wildman–Crippen MR) is 120 cm³/mol. The summed E-state index contributed by atoms with van der Waals surface area (Å²) in [6, 6.07) is 14.9. The summed E-state index contributed by atoms with van der Waals surface area (Å²) in [6.07, 6.45) is 1.80. The molecule has 4 rings (SSSR count). The summed E-state index contributed by atoms with van der Waals surface area (Å²) in [5.41, 5.74) is 1.84. The van der Waals surface area contributed by atoms with Crippen molar-refractivity contribution in [1.29, 1.82) is 0 Å². The zero-order chi connectivity index (χ0) is 21.6. The van der Waals surface area contributed by atoms with Crippen molar-refractivity contribution in [3.8, 4) is 5.75 Å². The van der Waals surface area contributed by atoms with Gasteiger partial charge in [0.05, 0.1) is 7.11 Å². The van der Waals surface area contributed by atoms with Crippen molar-refractivity contribution in [2.45, 2.75) is 6.92 Å². The van der Waals surface area contributed by atoms with Crippen LogP contribution >= 0.6 is 0 Å². The minimum Gasteiger partial charge on any atom is -0.497 e. The number of carbonyl (C=O) groups is 1. The molecule has 3 heterocycles. The van der Waals surface area contributed by atoms with Gasteiger partial charge in [-0.3, -0.25) is 0 Å². The number of urea groups is 1. The Bertz CT molecular complexity index is 1000. The number of anilines is 4. The van der Waals surface area contributed by atoms with E-state index in [0.29, 0.717) is 32.0 Å². The molecule has 0 atom stereocenters. The van der Waals surface area contributed by atoms with Crippen molar-refractivity contribution in [3.05, 3.63) is 60.3 Å². The van der Waals surface area contributed by atoms with Gasteiger partial charge in [-0.25, -0.2) is 9.78 Å². The van der Waals surface area contributed by atoms with E-state index in [1.165, 1.54) is 0 Å². The molecule has 0 saturated carbocycles. The van der Waals surface area contributed by atoms with E-state index in [1.807, 2.05) is 55.5 Å². The third-order valence-electron chi connectivity index (χ3n) is 5.05. The number of rotatable bonds is 5. The van der Waals surface area contributed by atoms with E-state index < -0.39 is 0 Å². The number of pyridine rings is 1. The largest absolute Gasteiger partial charge is 0.497 e. The van der Waals surface area contributed by atoms with Gasteiger partial charge in [0, 0.05) is 38.1 Å². The molecule has 1 aliphatic heterocycles. The lowest BCUT2D eigenvalue weighted by Crippen LogP contribution is -2.50. The smallest absolute Gasteiger partial charge is 0.321 e. The minimum atomic E-state index is -0.110. The maximum atomic E-state index is 12.5. The van der Waals surface area contributed by atoms with E-state index in [2.05, 4.69) is 30.7 Å². The first-order chi connectivity index (χ1) is 15.1. The number of hydrogen-bond donors (Lipinski definition) is 2. The highest BCUT2D eigenvalue weighted by Crippen LogP contribution is 2.18. The molecule has 0 bridgehead atoms. The van der Waals surface area contributed by atoms with E-state index in [9.17, 15) is 4.79 Å². The van der Waals surface area contributed by atoms with E-state index >= 15 is 0 Å². The third kappa shape index (κ3) is 5.19. The minimum absolute atomic E-state index is 0.110. The lowest BCUT2D eigenvalue weighted by Gasteiger charge is -2.35. The van der Waals surface area contributed by atoms with Crippen molar-refractivity contribution in [1.82, 2.24) is 20.1 Å². The number of ether oxygens (including phenoxy) is 1. The molecular weight excluding hydrogens is 394 g/mol. The predicted octanol–water partition coefficient (Wildman–Crippen LogP) is 3.29. The number of nitrogens with zero attached hydrogens (tertiary/aromatic N) is 5. The van der Waals surface area contributed by atoms with Gasteiger partial charge in [0.15, 0.2) is 11.6 Å². The molecule has 2 aromatic heterocycles. The van der Waals surface area contributed by atoms with Crippen LogP contribution in [-0.2, 0) is 0 Å². The van der Waals surface area contributed by atoms with Crippen molar-refractivity contribution >= 4 is 29.2 Å². The van der Waals surface area contributed by atoms with Crippen LogP contribution in [0.1, 0.15) is 5.56 Å². The van der Waals surface area contributed by atoms with Crippen LogP contribution < -0.4 is 20.3 Å². The quantitative estimate of drug-likeness (QED) is 0.655. The van der Waals surface area contributed by atoms with Crippen LogP contribution in [0.25, 0.3) is 0 Å². The second-order valence-corrected chi connectivity index (χ2v) is 7.26. The Morgan fingerprint density at radius 3 is 2.29 bits per heavy atom. The van der Waals surface area contributed by atoms with Gasteiger partial charge < -0.3 is 25.2 Å². The average Bonchev–Trinajstić information content (AvgIpc) is 2.82. The van der Waals surface area contributed by atoms with Gasteiger partial charge in [-0.2, -0.15) is 0 Å². The number of methoxy groups -OCH3 is 1. The molecular formula is C22H25N7O2. The average molecular weight is 419 g/mol. The number of carbonyl (C=O) groups excluding carboxylic acids is 1. The van der Waals surface area contributed by atoms with Gasteiger partial charge in [-0.15, -0.1) is 10.2 Å². The summed E-state index contributed by atoms with van der Waals surface area (Å²) in [5, 5.41) is 14.6. The molecule has 2 N–H and O–H groups in total. The standard InChI is InChI=1S/C22H25N7O2/c1-16-3-8-19(23-15-16)25-20-9-10-21(27-26-20)28-11-13-29(14-12-28)22(30)24-17-4-6-18(31-2)7-5-17/h3-10,15H,11-14H2,1-2H3,(H,24,30)(H,23,25,26). The number of nitrogens with one attached hydrogen (secondary N) is 2. The molecule has 31 heavy (non-hydrogen) atoms. The van der Waals surface area contributed by atoms with E-state index in [4.69, 9.17) is 4.74 Å². The Morgan fingerprint density at radius 1 is 0.935 bits per heavy atom. The Balaban J connectivity index is 1.28. The van der Waals surface area contributed by atoms with Crippen LogP contribution in [0.3, 0.4) is 0 Å². The number of benzene rings is 1. The van der Waals surface area contributed by atoms with Crippen molar-refractivity contribution in [2.24, 2.45) is 0 Å². The number of amides is 2. The normalized spacial score (nSPS) is 13.6. The zero-order valence-electron chi connectivity index (χ0n) is 17.6. The lowest BCUT2D eigenvalue weighted by atomic mass is 10.3. The highest BCUT2D eigenvalue weighted by Gasteiger charge is 2.22. The monoisotopic (exact) mass is 419 g/mol. The summed E-state index contributed by atoms with van der Waals surface area (Å²) >= 11 is 0. The van der Waals surface area contributed by atoms with Gasteiger partial charge in [0.2, 0.25) is 0 Å². The Labute approximate surface area is 181 Å². The lowest BCUT2D eigenvalue weighted by molar-refractivity contribution is 0.208. The second-order valence-electron chi connectivity index (χ2n) is 7.26. The number of aryl methyl sites for hydroxylation is 1. The Morgan fingerprint density at radius 2 is 1.68 bits per heavy atom. The van der Waals surface area contributed by atoms with Crippen LogP contribution in [0.2, 0.25) is 0 Å². The molecule has 1 saturated heterocycles. The molecule has 2 amide bonds. The topological polar surface area (TPSA) is 95.5 Å². The summed E-state index contributed by atoms with van der Waals surface area (Å²) in [6.45, 7) is 4.59. The molecule has 3 aromatic rings. The number of piperazine rings is 1. The van der Waals surface area contributed by atoms with Gasteiger partial charge in [-0.05, 0) is 55.0 Å². The Kier molecular flexibility index (Phi) is 6.11. The highest BCUT2D eigenvalue weighted by atomic mass is 16.5. The maximum absolute atomic E-state index is 12.5. The fourth-order valence-corrected chi connectivity index (χ4v) is 3.25. The SMILES string of the molecule is COc1ccc(NC(=O)N2CCN(c3ccc(Nc4ccc(C)cn4)nn3)CC2)cc1. The van der Waals surface area contributed by atoms with E-state index in [1.54, 1.807) is 18.2 Å². The molecule has 1 aliphatic rings. The molecule has 0 unspecified atom stereocenters. The molecule has 1 aromatic carbocycles. The van der Waals surface area contributed by atoms with Crippen LogP contribution in [0.5, 0.6) is 5.75 Å². The first-order valence-corrected chi connectivity index (χ1v) is 10.1. The van der Waals surface area contributed by atoms with Crippen molar-refractivity contribution < 1.29 is 9.53 Å². The third-order valence-corrected chi connectivity index (χ3v) is 5.05. The number of aromatic nitrogens is 3. The number of hydrogen-bond acceptors (Lipinski definition) is 7. The molecule has 0 aliphatic carbocycles. The fraction of sp³-hybridized carbons (Fsp3) is 0.273. The van der Waals surface area contributed by atoms with Crippen LogP contribution in [-0.4, -0.2) is 59.4 Å². The van der Waals surface area contributed by atoms with Crippen molar-refractivity contribution in [3.63, 3.8) is 0 Å². The molecule has 0 radical (unpaired) electrons. The maximum Gasteiger partial charge on any atom is 0.321 e. The second kappa shape index (κ2) is 9.29. The molecule has 1 fully saturated rings. The zero-order valence-corrected chi connectivity index (χ0v) is 17.6. The first-order valence-electron chi connectivity index (χ1n) is 10.1. The van der Waals surface area contributed by atoms with Gasteiger partial charge in [0.1, 0.15) is 11.6 Å². The van der Waals surface area contributed by atoms with E-state index in [-0.39, 0.29) is 6.03 Å².